The van der Waals surface area contributed by atoms with Crippen molar-refractivity contribution in [2.75, 3.05) is 13.7 Å². The molecule has 3 nitrogen and oxygen atoms in total. The number of rotatable bonds is 6. The van der Waals surface area contributed by atoms with E-state index in [-0.39, 0.29) is 11.4 Å². The van der Waals surface area contributed by atoms with Crippen LogP contribution in [-0.2, 0) is 4.74 Å². The van der Waals surface area contributed by atoms with Crippen molar-refractivity contribution in [3.8, 4) is 5.75 Å². The summed E-state index contributed by atoms with van der Waals surface area (Å²) in [6, 6.07) is 5.57. The summed E-state index contributed by atoms with van der Waals surface area (Å²) >= 11 is 0. The first-order valence-corrected chi connectivity index (χ1v) is 9.66. The average molecular weight is 369 g/mol. The fraction of sp³-hybridized carbons (Fsp3) is 0.458. The molecule has 1 aliphatic rings. The van der Waals surface area contributed by atoms with Crippen molar-refractivity contribution in [1.82, 2.24) is 0 Å². The number of allylic oxidation sites excluding steroid dienone is 5. The van der Waals surface area contributed by atoms with E-state index in [1.807, 2.05) is 25.1 Å². The highest BCUT2D eigenvalue weighted by Crippen LogP contribution is 2.49. The van der Waals surface area contributed by atoms with Crippen LogP contribution in [0.25, 0.3) is 5.57 Å². The minimum absolute atomic E-state index is 0.0758. The van der Waals surface area contributed by atoms with E-state index < -0.39 is 0 Å². The molecule has 0 saturated carbocycles. The summed E-state index contributed by atoms with van der Waals surface area (Å²) in [6.07, 6.45) is 5.38. The zero-order chi connectivity index (χ0) is 20.2. The van der Waals surface area contributed by atoms with Crippen LogP contribution in [0.3, 0.4) is 0 Å². The number of methoxy groups -OCH3 is 1. The maximum absolute atomic E-state index is 12.0. The van der Waals surface area contributed by atoms with E-state index in [1.54, 1.807) is 6.07 Å². The van der Waals surface area contributed by atoms with Crippen molar-refractivity contribution in [1.29, 1.82) is 0 Å². The van der Waals surface area contributed by atoms with Crippen LogP contribution < -0.4 is 4.74 Å². The molecule has 1 aromatic carbocycles. The Balaban J connectivity index is 2.76. The number of carbonyl (C=O) groups is 1. The summed E-state index contributed by atoms with van der Waals surface area (Å²) < 4.78 is 10.8. The molecule has 0 unspecified atom stereocenters. The van der Waals surface area contributed by atoms with Gasteiger partial charge < -0.3 is 9.47 Å². The third kappa shape index (κ3) is 4.35. The van der Waals surface area contributed by atoms with Gasteiger partial charge >= 0.3 is 5.97 Å². The first-order chi connectivity index (χ1) is 12.8. The molecule has 0 amide bonds. The quantitative estimate of drug-likeness (QED) is 0.433. The molecule has 146 valence electrons. The highest BCUT2D eigenvalue weighted by atomic mass is 16.5. The molecule has 0 heterocycles. The third-order valence-electron chi connectivity index (χ3n) is 5.38. The Kier molecular flexibility index (Phi) is 6.69. The Morgan fingerprint density at radius 2 is 2.04 bits per heavy atom. The largest absolute Gasteiger partial charge is 0.493 e. The maximum atomic E-state index is 12.0. The van der Waals surface area contributed by atoms with Crippen LogP contribution in [0.5, 0.6) is 5.75 Å². The molecule has 0 fully saturated rings. The van der Waals surface area contributed by atoms with Crippen LogP contribution >= 0.6 is 0 Å². The molecule has 0 aromatic heterocycles. The fourth-order valence-electron chi connectivity index (χ4n) is 4.07. The predicted octanol–water partition coefficient (Wildman–Crippen LogP) is 6.36. The van der Waals surface area contributed by atoms with Gasteiger partial charge in [0.25, 0.3) is 0 Å². The topological polar surface area (TPSA) is 35.5 Å². The molecule has 0 atom stereocenters. The van der Waals surface area contributed by atoms with E-state index in [9.17, 15) is 4.79 Å². The molecular weight excluding hydrogens is 336 g/mol. The highest BCUT2D eigenvalue weighted by molar-refractivity contribution is 5.93. The molecule has 2 rings (SSSR count). The number of carbonyl (C=O) groups excluding carboxylic acids is 1. The Morgan fingerprint density at radius 3 is 2.59 bits per heavy atom. The lowest BCUT2D eigenvalue weighted by Crippen LogP contribution is -2.22. The normalized spacial score (nSPS) is 17.3. The van der Waals surface area contributed by atoms with Gasteiger partial charge in [0, 0.05) is 5.56 Å². The summed E-state index contributed by atoms with van der Waals surface area (Å²) in [7, 11) is 1.39. The molecule has 27 heavy (non-hydrogen) atoms. The van der Waals surface area contributed by atoms with Crippen molar-refractivity contribution >= 4 is 11.5 Å². The maximum Gasteiger partial charge on any atom is 0.337 e. The van der Waals surface area contributed by atoms with Crippen molar-refractivity contribution in [3.05, 3.63) is 58.7 Å². The van der Waals surface area contributed by atoms with Gasteiger partial charge in [0.2, 0.25) is 0 Å². The first-order valence-electron chi connectivity index (χ1n) is 9.66. The van der Waals surface area contributed by atoms with E-state index in [4.69, 9.17) is 9.47 Å². The summed E-state index contributed by atoms with van der Waals surface area (Å²) in [4.78, 5) is 12.0. The van der Waals surface area contributed by atoms with E-state index in [0.717, 1.165) is 24.0 Å². The number of esters is 1. The Morgan fingerprint density at radius 1 is 1.33 bits per heavy atom. The molecule has 0 N–H and O–H groups in total. The first kappa shape index (κ1) is 21.0. The predicted molar refractivity (Wildman–Crippen MR) is 112 cm³/mol. The van der Waals surface area contributed by atoms with E-state index in [2.05, 4.69) is 34.3 Å². The zero-order valence-corrected chi connectivity index (χ0v) is 17.6. The lowest BCUT2D eigenvalue weighted by molar-refractivity contribution is 0.0600. The van der Waals surface area contributed by atoms with Crippen LogP contribution in [0, 0.1) is 5.41 Å². The standard InChI is InChI=1S/C24H32O3/c1-8-16(3)21(22-17(4)11-10-14-24(22,5)6)19-13-12-18(23(25)26-7)15-20(19)27-9-2/h8,12-13,15H,1,9-11,14H2,2-7H3/b21-16-. The van der Waals surface area contributed by atoms with Gasteiger partial charge in [0.05, 0.1) is 19.3 Å². The molecule has 0 bridgehead atoms. The molecule has 0 aliphatic heterocycles. The molecule has 0 spiro atoms. The molecule has 0 radical (unpaired) electrons. The van der Waals surface area contributed by atoms with E-state index >= 15 is 0 Å². The Labute approximate surface area is 163 Å². The number of hydrogen-bond donors (Lipinski definition) is 0. The number of benzene rings is 1. The molecule has 1 aliphatic carbocycles. The lowest BCUT2D eigenvalue weighted by atomic mass is 9.68. The van der Waals surface area contributed by atoms with Crippen LogP contribution in [0.4, 0.5) is 0 Å². The monoisotopic (exact) mass is 368 g/mol. The minimum atomic E-state index is -0.359. The smallest absolute Gasteiger partial charge is 0.337 e. The SMILES string of the molecule is C=C/C(C)=C(\C1=C(C)CCCC1(C)C)c1ccc(C(=O)OC)cc1OCC. The van der Waals surface area contributed by atoms with Gasteiger partial charge in [-0.1, -0.05) is 32.1 Å². The second kappa shape index (κ2) is 8.60. The van der Waals surface area contributed by atoms with Gasteiger partial charge in [-0.25, -0.2) is 4.79 Å². The summed E-state index contributed by atoms with van der Waals surface area (Å²) in [5.41, 5.74) is 6.66. The van der Waals surface area contributed by atoms with Crippen LogP contribution in [-0.4, -0.2) is 19.7 Å². The van der Waals surface area contributed by atoms with Crippen LogP contribution in [0.1, 0.15) is 69.8 Å². The molecule has 1 aromatic rings. The van der Waals surface area contributed by atoms with Gasteiger partial charge in [-0.2, -0.15) is 0 Å². The minimum Gasteiger partial charge on any atom is -0.493 e. The van der Waals surface area contributed by atoms with Crippen LogP contribution in [0.2, 0.25) is 0 Å². The van der Waals surface area contributed by atoms with Gasteiger partial charge in [-0.15, -0.1) is 0 Å². The Hall–Kier alpha value is -2.29. The van der Waals surface area contributed by atoms with Gasteiger partial charge in [-0.3, -0.25) is 0 Å². The fourth-order valence-corrected chi connectivity index (χ4v) is 4.07. The van der Waals surface area contributed by atoms with Crippen molar-refractivity contribution in [3.63, 3.8) is 0 Å². The zero-order valence-electron chi connectivity index (χ0n) is 17.6. The van der Waals surface area contributed by atoms with Crippen molar-refractivity contribution < 1.29 is 14.3 Å². The second-order valence-corrected chi connectivity index (χ2v) is 7.79. The van der Waals surface area contributed by atoms with Crippen molar-refractivity contribution in [2.24, 2.45) is 5.41 Å². The molecular formula is C24H32O3. The second-order valence-electron chi connectivity index (χ2n) is 7.79. The summed E-state index contributed by atoms with van der Waals surface area (Å²) in [5, 5.41) is 0. The van der Waals surface area contributed by atoms with Gasteiger partial charge in [0.15, 0.2) is 0 Å². The van der Waals surface area contributed by atoms with Gasteiger partial charge in [0.1, 0.15) is 5.75 Å². The highest BCUT2D eigenvalue weighted by Gasteiger charge is 2.33. The average Bonchev–Trinajstić information content (AvgIpc) is 2.64. The van der Waals surface area contributed by atoms with E-state index in [0.29, 0.717) is 17.9 Å². The Bertz CT molecular complexity index is 794. The number of ether oxygens (including phenoxy) is 2. The summed E-state index contributed by atoms with van der Waals surface area (Å²) in [5.74, 6) is 0.347. The molecule has 0 saturated heterocycles. The van der Waals surface area contributed by atoms with Crippen LogP contribution in [0.15, 0.2) is 47.6 Å². The van der Waals surface area contributed by atoms with E-state index in [1.165, 1.54) is 30.2 Å². The number of hydrogen-bond acceptors (Lipinski definition) is 3. The molecule has 3 heteroatoms. The third-order valence-corrected chi connectivity index (χ3v) is 5.38. The van der Waals surface area contributed by atoms with Gasteiger partial charge in [-0.05, 0) is 80.4 Å². The lowest BCUT2D eigenvalue weighted by Gasteiger charge is -2.37. The van der Waals surface area contributed by atoms with Crippen molar-refractivity contribution in [2.45, 2.75) is 53.9 Å². The summed E-state index contributed by atoms with van der Waals surface area (Å²) in [6.45, 7) is 15.4.